The van der Waals surface area contributed by atoms with Gasteiger partial charge in [-0.1, -0.05) is 18.7 Å². The molecule has 0 atom stereocenters. The minimum atomic E-state index is -0.395. The summed E-state index contributed by atoms with van der Waals surface area (Å²) in [7, 11) is 0. The van der Waals surface area contributed by atoms with Gasteiger partial charge >= 0.3 is 5.97 Å². The molecule has 0 fully saturated rings. The van der Waals surface area contributed by atoms with Gasteiger partial charge in [0.15, 0.2) is 0 Å². The summed E-state index contributed by atoms with van der Waals surface area (Å²) in [5.74, 6) is -0.395. The fraction of sp³-hybridized carbons (Fsp3) is 0.333. The van der Waals surface area contributed by atoms with E-state index < -0.39 is 5.97 Å². The van der Waals surface area contributed by atoms with Gasteiger partial charge in [-0.2, -0.15) is 0 Å². The number of ether oxygens (including phenoxy) is 1. The van der Waals surface area contributed by atoms with Crippen LogP contribution >= 0.6 is 0 Å². The van der Waals surface area contributed by atoms with E-state index in [-0.39, 0.29) is 6.61 Å². The highest BCUT2D eigenvalue weighted by atomic mass is 16.5. The number of benzene rings is 1. The zero-order valence-electron chi connectivity index (χ0n) is 11.1. The van der Waals surface area contributed by atoms with Crippen LogP contribution in [0.1, 0.15) is 34.0 Å². The standard InChI is InChI=1S/C15H18O3/c1-10(2)15(17)18-8-7-14-12(4)11(3)5-6-13(14)9-16/h5-6,9H,1,7-8H2,2-4H3. The summed E-state index contributed by atoms with van der Waals surface area (Å²) in [5.41, 5.74) is 4.18. The lowest BCUT2D eigenvalue weighted by atomic mass is 9.96. The maximum atomic E-state index is 11.2. The predicted octanol–water partition coefficient (Wildman–Crippen LogP) is 2.78. The van der Waals surface area contributed by atoms with Crippen molar-refractivity contribution in [1.82, 2.24) is 0 Å². The molecule has 3 nitrogen and oxygen atoms in total. The van der Waals surface area contributed by atoms with Gasteiger partial charge in [-0.3, -0.25) is 4.79 Å². The summed E-state index contributed by atoms with van der Waals surface area (Å²) in [6, 6.07) is 3.72. The SMILES string of the molecule is C=C(C)C(=O)OCCc1c(C=O)ccc(C)c1C. The Labute approximate surface area is 107 Å². The Morgan fingerprint density at radius 2 is 2.06 bits per heavy atom. The van der Waals surface area contributed by atoms with Crippen molar-refractivity contribution in [1.29, 1.82) is 0 Å². The molecule has 0 saturated heterocycles. The molecular weight excluding hydrogens is 228 g/mol. The monoisotopic (exact) mass is 246 g/mol. The number of hydrogen-bond donors (Lipinski definition) is 0. The zero-order valence-corrected chi connectivity index (χ0v) is 11.1. The lowest BCUT2D eigenvalue weighted by molar-refractivity contribution is -0.138. The van der Waals surface area contributed by atoms with Crippen molar-refractivity contribution in [3.63, 3.8) is 0 Å². The number of carbonyl (C=O) groups is 2. The van der Waals surface area contributed by atoms with Crippen LogP contribution < -0.4 is 0 Å². The summed E-state index contributed by atoms with van der Waals surface area (Å²) in [4.78, 5) is 22.2. The van der Waals surface area contributed by atoms with Crippen molar-refractivity contribution < 1.29 is 14.3 Å². The Kier molecular flexibility index (Phi) is 4.84. The lowest BCUT2D eigenvalue weighted by Gasteiger charge is -2.11. The minimum absolute atomic E-state index is 0.261. The highest BCUT2D eigenvalue weighted by Crippen LogP contribution is 2.17. The van der Waals surface area contributed by atoms with E-state index in [0.29, 0.717) is 17.6 Å². The topological polar surface area (TPSA) is 43.4 Å². The Morgan fingerprint density at radius 1 is 1.39 bits per heavy atom. The van der Waals surface area contributed by atoms with Gasteiger partial charge in [0.25, 0.3) is 0 Å². The molecule has 1 aromatic carbocycles. The molecule has 0 N–H and O–H groups in total. The van der Waals surface area contributed by atoms with E-state index in [9.17, 15) is 9.59 Å². The Balaban J connectivity index is 2.78. The molecule has 0 radical (unpaired) electrons. The van der Waals surface area contributed by atoms with Crippen LogP contribution in [0.4, 0.5) is 0 Å². The third-order valence-corrected chi connectivity index (χ3v) is 2.97. The molecule has 0 aliphatic heterocycles. The van der Waals surface area contributed by atoms with Gasteiger partial charge in [-0.25, -0.2) is 4.79 Å². The number of aldehydes is 1. The van der Waals surface area contributed by atoms with Crippen LogP contribution in [-0.2, 0) is 16.0 Å². The average Bonchev–Trinajstić information content (AvgIpc) is 2.34. The fourth-order valence-corrected chi connectivity index (χ4v) is 1.71. The number of aryl methyl sites for hydroxylation is 1. The van der Waals surface area contributed by atoms with E-state index >= 15 is 0 Å². The molecule has 0 bridgehead atoms. The van der Waals surface area contributed by atoms with Gasteiger partial charge in [-0.15, -0.1) is 0 Å². The first-order valence-corrected chi connectivity index (χ1v) is 5.84. The van der Waals surface area contributed by atoms with Crippen LogP contribution in [0, 0.1) is 13.8 Å². The molecule has 0 aromatic heterocycles. The van der Waals surface area contributed by atoms with Crippen LogP contribution in [0.5, 0.6) is 0 Å². The number of esters is 1. The Hall–Kier alpha value is -1.90. The molecule has 18 heavy (non-hydrogen) atoms. The molecule has 3 heteroatoms. The summed E-state index contributed by atoms with van der Waals surface area (Å²) in [6.45, 7) is 9.35. The largest absolute Gasteiger partial charge is 0.462 e. The highest BCUT2D eigenvalue weighted by molar-refractivity contribution is 5.87. The summed E-state index contributed by atoms with van der Waals surface area (Å²) in [5, 5.41) is 0. The molecular formula is C15H18O3. The zero-order chi connectivity index (χ0) is 13.7. The molecule has 0 aliphatic carbocycles. The maximum Gasteiger partial charge on any atom is 0.333 e. The normalized spacial score (nSPS) is 9.94. The van der Waals surface area contributed by atoms with Gasteiger partial charge in [0.05, 0.1) is 6.61 Å². The van der Waals surface area contributed by atoms with Gasteiger partial charge in [0.2, 0.25) is 0 Å². The molecule has 0 aliphatic rings. The number of hydrogen-bond acceptors (Lipinski definition) is 3. The molecule has 1 aromatic rings. The minimum Gasteiger partial charge on any atom is -0.462 e. The van der Waals surface area contributed by atoms with Gasteiger partial charge in [0, 0.05) is 17.6 Å². The molecule has 0 unspecified atom stereocenters. The van der Waals surface area contributed by atoms with Crippen molar-refractivity contribution in [2.75, 3.05) is 6.61 Å². The van der Waals surface area contributed by atoms with Gasteiger partial charge in [0.1, 0.15) is 6.29 Å². The predicted molar refractivity (Wildman–Crippen MR) is 70.8 cm³/mol. The second-order valence-corrected chi connectivity index (χ2v) is 4.36. The average molecular weight is 246 g/mol. The van der Waals surface area contributed by atoms with Crippen molar-refractivity contribution in [3.05, 3.63) is 46.5 Å². The maximum absolute atomic E-state index is 11.2. The third kappa shape index (κ3) is 3.29. The molecule has 0 saturated carbocycles. The van der Waals surface area contributed by atoms with E-state index in [4.69, 9.17) is 4.74 Å². The quantitative estimate of drug-likeness (QED) is 0.456. The van der Waals surface area contributed by atoms with Crippen LogP contribution in [0.2, 0.25) is 0 Å². The van der Waals surface area contributed by atoms with E-state index in [0.717, 1.165) is 23.0 Å². The third-order valence-electron chi connectivity index (χ3n) is 2.97. The van der Waals surface area contributed by atoms with Gasteiger partial charge < -0.3 is 4.74 Å². The van der Waals surface area contributed by atoms with Gasteiger partial charge in [-0.05, 0) is 37.5 Å². The molecule has 0 amide bonds. The van der Waals surface area contributed by atoms with Crippen LogP contribution in [-0.4, -0.2) is 18.9 Å². The molecule has 0 heterocycles. The van der Waals surface area contributed by atoms with Crippen molar-refractivity contribution in [3.8, 4) is 0 Å². The van der Waals surface area contributed by atoms with E-state index in [1.807, 2.05) is 19.9 Å². The number of rotatable bonds is 5. The second kappa shape index (κ2) is 6.15. The Bertz CT molecular complexity index is 487. The first kappa shape index (κ1) is 14.2. The first-order chi connectivity index (χ1) is 8.47. The van der Waals surface area contributed by atoms with Crippen LogP contribution in [0.25, 0.3) is 0 Å². The summed E-state index contributed by atoms with van der Waals surface area (Å²) in [6.07, 6.45) is 1.38. The van der Waals surface area contributed by atoms with Crippen molar-refractivity contribution in [2.24, 2.45) is 0 Å². The molecule has 96 valence electrons. The van der Waals surface area contributed by atoms with Crippen LogP contribution in [0.3, 0.4) is 0 Å². The van der Waals surface area contributed by atoms with E-state index in [1.54, 1.807) is 13.0 Å². The second-order valence-electron chi connectivity index (χ2n) is 4.36. The summed E-state index contributed by atoms with van der Waals surface area (Å²) >= 11 is 0. The van der Waals surface area contributed by atoms with Crippen LogP contribution in [0.15, 0.2) is 24.3 Å². The van der Waals surface area contributed by atoms with Crippen molar-refractivity contribution >= 4 is 12.3 Å². The Morgan fingerprint density at radius 3 is 2.61 bits per heavy atom. The lowest BCUT2D eigenvalue weighted by Crippen LogP contribution is -2.10. The molecule has 0 spiro atoms. The number of carbonyl (C=O) groups excluding carboxylic acids is 2. The van der Waals surface area contributed by atoms with Crippen molar-refractivity contribution in [2.45, 2.75) is 27.2 Å². The smallest absolute Gasteiger partial charge is 0.333 e. The van der Waals surface area contributed by atoms with E-state index in [2.05, 4.69) is 6.58 Å². The highest BCUT2D eigenvalue weighted by Gasteiger charge is 2.09. The first-order valence-electron chi connectivity index (χ1n) is 5.84. The fourth-order valence-electron chi connectivity index (χ4n) is 1.71. The van der Waals surface area contributed by atoms with E-state index in [1.165, 1.54) is 0 Å². The molecule has 1 rings (SSSR count). The summed E-state index contributed by atoms with van der Waals surface area (Å²) < 4.78 is 5.05.